The van der Waals surface area contributed by atoms with Gasteiger partial charge in [0.2, 0.25) is 0 Å². The topological polar surface area (TPSA) is 78.1 Å². The summed E-state index contributed by atoms with van der Waals surface area (Å²) in [5.74, 6) is 2.43. The molecule has 3 N–H and O–H groups in total. The Balaban J connectivity index is 0.00000392. The average Bonchev–Trinajstić information content (AvgIpc) is 2.64. The third-order valence-corrected chi connectivity index (χ3v) is 4.00. The van der Waals surface area contributed by atoms with E-state index in [1.54, 1.807) is 26.4 Å². The first-order valence-electron chi connectivity index (χ1n) is 8.86. The molecular weight excluding hydrogens is 469 g/mol. The van der Waals surface area contributed by atoms with Crippen LogP contribution in [0.4, 0.5) is 5.69 Å². The largest absolute Gasteiger partial charge is 0.493 e. The van der Waals surface area contributed by atoms with Crippen molar-refractivity contribution in [3.8, 4) is 17.2 Å². The smallest absolute Gasteiger partial charge is 0.193 e. The number of guanidine groups is 1. The number of nitrogens with two attached hydrogens (primary N) is 1. The number of nitrogens with zero attached hydrogens (tertiary/aromatic N) is 1. The molecule has 0 aliphatic heterocycles. The van der Waals surface area contributed by atoms with Gasteiger partial charge >= 0.3 is 0 Å². The predicted octanol–water partition coefficient (Wildman–Crippen LogP) is 4.42. The number of hydrogen-bond donors (Lipinski definition) is 2. The van der Waals surface area contributed by atoms with E-state index in [0.717, 1.165) is 11.4 Å². The third-order valence-electron chi connectivity index (χ3n) is 4.00. The molecule has 0 saturated carbocycles. The fraction of sp³-hybridized carbons (Fsp3) is 0.381. The Morgan fingerprint density at radius 1 is 1.04 bits per heavy atom. The molecule has 7 heteroatoms. The molecule has 6 nitrogen and oxygen atoms in total. The van der Waals surface area contributed by atoms with Crippen LogP contribution in [0.1, 0.15) is 26.3 Å². The standard InChI is InChI=1S/C21H29N3O3.HI/c1-21(2,3)15-7-6-8-17(13-15)27-12-11-23-20(22)24-16-9-10-18(25-4)19(14-16)26-5;/h6-10,13-14H,11-12H2,1-5H3,(H3,22,23,24);1H. The van der Waals surface area contributed by atoms with E-state index in [4.69, 9.17) is 19.9 Å². The van der Waals surface area contributed by atoms with Gasteiger partial charge in [0.05, 0.1) is 20.8 Å². The Bertz CT molecular complexity index is 789. The highest BCUT2D eigenvalue weighted by molar-refractivity contribution is 14.0. The van der Waals surface area contributed by atoms with E-state index in [1.807, 2.05) is 18.2 Å². The van der Waals surface area contributed by atoms with Crippen molar-refractivity contribution in [3.05, 3.63) is 48.0 Å². The van der Waals surface area contributed by atoms with Crippen LogP contribution in [-0.2, 0) is 5.41 Å². The maximum atomic E-state index is 5.94. The molecule has 0 heterocycles. The SMILES string of the molecule is COc1ccc(NC(N)=NCCOc2cccc(C(C)(C)C)c2)cc1OC.I. The van der Waals surface area contributed by atoms with Gasteiger partial charge in [-0.25, -0.2) is 4.99 Å². The number of methoxy groups -OCH3 is 2. The van der Waals surface area contributed by atoms with Gasteiger partial charge in [-0.05, 0) is 35.2 Å². The van der Waals surface area contributed by atoms with Gasteiger partial charge in [0.25, 0.3) is 0 Å². The highest BCUT2D eigenvalue weighted by Crippen LogP contribution is 2.29. The van der Waals surface area contributed by atoms with E-state index in [0.29, 0.717) is 30.6 Å². The van der Waals surface area contributed by atoms with E-state index < -0.39 is 0 Å². The first-order chi connectivity index (χ1) is 12.8. The van der Waals surface area contributed by atoms with Gasteiger partial charge in [-0.3, -0.25) is 0 Å². The molecule has 2 aromatic rings. The van der Waals surface area contributed by atoms with Crippen LogP contribution in [0.3, 0.4) is 0 Å². The maximum absolute atomic E-state index is 5.94. The molecule has 0 fully saturated rings. The van der Waals surface area contributed by atoms with Gasteiger partial charge in [0.15, 0.2) is 17.5 Å². The number of hydrogen-bond acceptors (Lipinski definition) is 4. The Labute approximate surface area is 184 Å². The molecule has 154 valence electrons. The number of anilines is 1. The lowest BCUT2D eigenvalue weighted by Gasteiger charge is -2.19. The fourth-order valence-corrected chi connectivity index (χ4v) is 2.48. The van der Waals surface area contributed by atoms with Crippen molar-refractivity contribution in [1.29, 1.82) is 0 Å². The minimum atomic E-state index is 0. The second-order valence-corrected chi connectivity index (χ2v) is 7.09. The Hall–Kier alpha value is -2.16. The van der Waals surface area contributed by atoms with Gasteiger partial charge in [-0.15, -0.1) is 24.0 Å². The van der Waals surface area contributed by atoms with E-state index >= 15 is 0 Å². The Morgan fingerprint density at radius 3 is 2.39 bits per heavy atom. The highest BCUT2D eigenvalue weighted by Gasteiger charge is 2.13. The highest BCUT2D eigenvalue weighted by atomic mass is 127. The molecule has 0 aromatic heterocycles. The van der Waals surface area contributed by atoms with Gasteiger partial charge in [0, 0.05) is 11.8 Å². The van der Waals surface area contributed by atoms with Crippen LogP contribution in [0.15, 0.2) is 47.5 Å². The Kier molecular flexibility index (Phi) is 9.37. The molecule has 0 bridgehead atoms. The van der Waals surface area contributed by atoms with Crippen LogP contribution in [0.2, 0.25) is 0 Å². The molecule has 2 aromatic carbocycles. The number of halogens is 1. The van der Waals surface area contributed by atoms with E-state index in [1.165, 1.54) is 5.56 Å². The van der Waals surface area contributed by atoms with Crippen LogP contribution in [0.5, 0.6) is 17.2 Å². The number of rotatable bonds is 7. The number of nitrogens with one attached hydrogen (secondary N) is 1. The van der Waals surface area contributed by atoms with E-state index in [9.17, 15) is 0 Å². The molecule has 0 atom stereocenters. The summed E-state index contributed by atoms with van der Waals surface area (Å²) in [7, 11) is 3.18. The second kappa shape index (κ2) is 11.0. The summed E-state index contributed by atoms with van der Waals surface area (Å²) < 4.78 is 16.3. The summed E-state index contributed by atoms with van der Waals surface area (Å²) in [5, 5.41) is 3.03. The quantitative estimate of drug-likeness (QED) is 0.255. The first-order valence-corrected chi connectivity index (χ1v) is 8.86. The van der Waals surface area contributed by atoms with Crippen molar-refractivity contribution >= 4 is 35.6 Å². The zero-order chi connectivity index (χ0) is 19.9. The molecule has 0 aliphatic carbocycles. The summed E-state index contributed by atoms with van der Waals surface area (Å²) in [4.78, 5) is 4.29. The van der Waals surface area contributed by atoms with Crippen LogP contribution in [0, 0.1) is 0 Å². The first kappa shape index (κ1) is 23.9. The molecule has 0 saturated heterocycles. The lowest BCUT2D eigenvalue weighted by molar-refractivity contribution is 0.328. The summed E-state index contributed by atoms with van der Waals surface area (Å²) in [6.07, 6.45) is 0. The Morgan fingerprint density at radius 2 is 1.75 bits per heavy atom. The normalized spacial score (nSPS) is 11.4. The lowest BCUT2D eigenvalue weighted by Crippen LogP contribution is -2.23. The summed E-state index contributed by atoms with van der Waals surface area (Å²) in [6, 6.07) is 13.6. The predicted molar refractivity (Wildman–Crippen MR) is 126 cm³/mol. The van der Waals surface area contributed by atoms with Crippen LogP contribution >= 0.6 is 24.0 Å². The molecule has 2 rings (SSSR count). The minimum Gasteiger partial charge on any atom is -0.493 e. The summed E-state index contributed by atoms with van der Waals surface area (Å²) in [5.41, 5.74) is 8.03. The van der Waals surface area contributed by atoms with Gasteiger partial charge < -0.3 is 25.3 Å². The zero-order valence-corrected chi connectivity index (χ0v) is 19.4. The lowest BCUT2D eigenvalue weighted by atomic mass is 9.87. The molecule has 28 heavy (non-hydrogen) atoms. The molecule has 0 unspecified atom stereocenters. The van der Waals surface area contributed by atoms with Crippen molar-refractivity contribution in [2.45, 2.75) is 26.2 Å². The molecule has 0 amide bonds. The van der Waals surface area contributed by atoms with Gasteiger partial charge in [-0.1, -0.05) is 32.9 Å². The number of benzene rings is 2. The van der Waals surface area contributed by atoms with Crippen LogP contribution < -0.4 is 25.3 Å². The number of ether oxygens (including phenoxy) is 3. The molecule has 0 aliphatic rings. The number of aliphatic imine (C=N–C) groups is 1. The second-order valence-electron chi connectivity index (χ2n) is 7.09. The fourth-order valence-electron chi connectivity index (χ4n) is 2.48. The molecular formula is C21H30IN3O3. The van der Waals surface area contributed by atoms with Crippen LogP contribution in [0.25, 0.3) is 0 Å². The monoisotopic (exact) mass is 499 g/mol. The summed E-state index contributed by atoms with van der Waals surface area (Å²) >= 11 is 0. The van der Waals surface area contributed by atoms with Crippen molar-refractivity contribution in [1.82, 2.24) is 0 Å². The molecule has 0 spiro atoms. The van der Waals surface area contributed by atoms with Crippen molar-refractivity contribution in [2.24, 2.45) is 10.7 Å². The van der Waals surface area contributed by atoms with Gasteiger partial charge in [0.1, 0.15) is 12.4 Å². The average molecular weight is 499 g/mol. The van der Waals surface area contributed by atoms with Gasteiger partial charge in [-0.2, -0.15) is 0 Å². The summed E-state index contributed by atoms with van der Waals surface area (Å²) in [6.45, 7) is 7.43. The van der Waals surface area contributed by atoms with Crippen LogP contribution in [-0.4, -0.2) is 33.3 Å². The third kappa shape index (κ3) is 7.10. The minimum absolute atomic E-state index is 0. The van der Waals surface area contributed by atoms with Crippen molar-refractivity contribution < 1.29 is 14.2 Å². The van der Waals surface area contributed by atoms with Crippen molar-refractivity contribution in [3.63, 3.8) is 0 Å². The molecule has 0 radical (unpaired) electrons. The zero-order valence-electron chi connectivity index (χ0n) is 17.1. The maximum Gasteiger partial charge on any atom is 0.193 e. The van der Waals surface area contributed by atoms with E-state index in [-0.39, 0.29) is 29.4 Å². The van der Waals surface area contributed by atoms with Crippen molar-refractivity contribution in [2.75, 3.05) is 32.7 Å². The van der Waals surface area contributed by atoms with E-state index in [2.05, 4.69) is 43.2 Å².